The van der Waals surface area contributed by atoms with E-state index in [4.69, 9.17) is 4.98 Å². The van der Waals surface area contributed by atoms with Gasteiger partial charge in [0.1, 0.15) is 12.1 Å². The fraction of sp³-hybridized carbons (Fsp3) is 0.765. The second-order valence-corrected chi connectivity index (χ2v) is 6.41. The quantitative estimate of drug-likeness (QED) is 0.868. The molecule has 2 unspecified atom stereocenters. The van der Waals surface area contributed by atoms with Gasteiger partial charge in [-0.05, 0) is 38.5 Å². The van der Waals surface area contributed by atoms with E-state index in [0.717, 1.165) is 25.9 Å². The van der Waals surface area contributed by atoms with Gasteiger partial charge in [-0.25, -0.2) is 9.97 Å². The molecule has 4 nitrogen and oxygen atoms in total. The standard InChI is InChI=1S/C17H28N4/c1-3-13-11-21(14(4-2)10-18-13)17-15-8-6-5-7-9-16(15)19-12-20-17/h12-14,18H,3-11H2,1-2H3. The van der Waals surface area contributed by atoms with Crippen LogP contribution in [0, 0.1) is 0 Å². The highest BCUT2D eigenvalue weighted by molar-refractivity contribution is 5.51. The fourth-order valence-corrected chi connectivity index (χ4v) is 3.69. The van der Waals surface area contributed by atoms with E-state index in [9.17, 15) is 0 Å². The van der Waals surface area contributed by atoms with Gasteiger partial charge < -0.3 is 10.2 Å². The number of anilines is 1. The predicted molar refractivity (Wildman–Crippen MR) is 86.8 cm³/mol. The van der Waals surface area contributed by atoms with Crippen molar-refractivity contribution in [3.63, 3.8) is 0 Å². The third-order valence-corrected chi connectivity index (χ3v) is 5.09. The van der Waals surface area contributed by atoms with Gasteiger partial charge in [-0.1, -0.05) is 20.3 Å². The molecule has 0 radical (unpaired) electrons. The highest BCUT2D eigenvalue weighted by atomic mass is 15.3. The molecule has 1 aliphatic heterocycles. The van der Waals surface area contributed by atoms with E-state index in [1.54, 1.807) is 6.33 Å². The summed E-state index contributed by atoms with van der Waals surface area (Å²) >= 11 is 0. The number of piperazine rings is 1. The Morgan fingerprint density at radius 2 is 2.00 bits per heavy atom. The first-order valence-corrected chi connectivity index (χ1v) is 8.66. The van der Waals surface area contributed by atoms with Gasteiger partial charge in [-0.2, -0.15) is 0 Å². The predicted octanol–water partition coefficient (Wildman–Crippen LogP) is 2.71. The Morgan fingerprint density at radius 1 is 1.14 bits per heavy atom. The summed E-state index contributed by atoms with van der Waals surface area (Å²) in [7, 11) is 0. The Morgan fingerprint density at radius 3 is 2.81 bits per heavy atom. The van der Waals surface area contributed by atoms with E-state index in [1.807, 2.05) is 0 Å². The summed E-state index contributed by atoms with van der Waals surface area (Å²) in [6, 6.07) is 1.15. The summed E-state index contributed by atoms with van der Waals surface area (Å²) in [5.41, 5.74) is 2.74. The number of hydrogen-bond acceptors (Lipinski definition) is 4. The highest BCUT2D eigenvalue weighted by Gasteiger charge is 2.29. The number of fused-ring (bicyclic) bond motifs is 1. The summed E-state index contributed by atoms with van der Waals surface area (Å²) in [6.45, 7) is 6.71. The van der Waals surface area contributed by atoms with Crippen molar-refractivity contribution < 1.29 is 0 Å². The SMILES string of the molecule is CCC1CN(c2ncnc3c2CCCCC3)C(CC)CN1. The van der Waals surface area contributed by atoms with Crippen LogP contribution in [0.5, 0.6) is 0 Å². The normalized spacial score (nSPS) is 26.3. The van der Waals surface area contributed by atoms with Crippen molar-refractivity contribution in [1.82, 2.24) is 15.3 Å². The molecule has 2 atom stereocenters. The van der Waals surface area contributed by atoms with Crippen molar-refractivity contribution in [2.24, 2.45) is 0 Å². The van der Waals surface area contributed by atoms with Gasteiger partial charge in [0, 0.05) is 36.4 Å². The second kappa shape index (κ2) is 6.73. The van der Waals surface area contributed by atoms with Crippen LogP contribution in [-0.4, -0.2) is 35.1 Å². The summed E-state index contributed by atoms with van der Waals surface area (Å²) < 4.78 is 0. The lowest BCUT2D eigenvalue weighted by molar-refractivity contribution is 0.376. The van der Waals surface area contributed by atoms with Crippen molar-refractivity contribution in [3.05, 3.63) is 17.6 Å². The number of aryl methyl sites for hydroxylation is 1. The lowest BCUT2D eigenvalue weighted by Crippen LogP contribution is -2.56. The highest BCUT2D eigenvalue weighted by Crippen LogP contribution is 2.29. The monoisotopic (exact) mass is 288 g/mol. The smallest absolute Gasteiger partial charge is 0.135 e. The molecule has 3 rings (SSSR count). The molecule has 0 saturated carbocycles. The molecule has 1 aromatic heterocycles. The second-order valence-electron chi connectivity index (χ2n) is 6.41. The maximum Gasteiger partial charge on any atom is 0.135 e. The third-order valence-electron chi connectivity index (χ3n) is 5.09. The van der Waals surface area contributed by atoms with Gasteiger partial charge in [0.05, 0.1) is 0 Å². The molecule has 1 fully saturated rings. The zero-order valence-corrected chi connectivity index (χ0v) is 13.4. The van der Waals surface area contributed by atoms with Crippen LogP contribution in [0.2, 0.25) is 0 Å². The van der Waals surface area contributed by atoms with Crippen molar-refractivity contribution in [3.8, 4) is 0 Å². The molecule has 0 amide bonds. The lowest BCUT2D eigenvalue weighted by Gasteiger charge is -2.41. The largest absolute Gasteiger partial charge is 0.350 e. The topological polar surface area (TPSA) is 41.1 Å². The van der Waals surface area contributed by atoms with Crippen LogP contribution in [0.3, 0.4) is 0 Å². The van der Waals surface area contributed by atoms with Crippen LogP contribution < -0.4 is 10.2 Å². The molecule has 1 aliphatic carbocycles. The van der Waals surface area contributed by atoms with Crippen LogP contribution in [-0.2, 0) is 12.8 Å². The molecule has 0 bridgehead atoms. The van der Waals surface area contributed by atoms with Gasteiger partial charge >= 0.3 is 0 Å². The summed E-state index contributed by atoms with van der Waals surface area (Å²) in [4.78, 5) is 11.8. The molecule has 1 saturated heterocycles. The minimum Gasteiger partial charge on any atom is -0.350 e. The van der Waals surface area contributed by atoms with E-state index in [0.29, 0.717) is 12.1 Å². The minimum absolute atomic E-state index is 0.565. The molecule has 2 aliphatic rings. The van der Waals surface area contributed by atoms with Gasteiger partial charge in [0.15, 0.2) is 0 Å². The van der Waals surface area contributed by atoms with Crippen molar-refractivity contribution in [1.29, 1.82) is 0 Å². The minimum atomic E-state index is 0.565. The first-order valence-electron chi connectivity index (χ1n) is 8.66. The van der Waals surface area contributed by atoms with Crippen LogP contribution in [0.25, 0.3) is 0 Å². The molecule has 1 aromatic rings. The Balaban J connectivity index is 1.93. The van der Waals surface area contributed by atoms with E-state index in [2.05, 4.69) is 29.0 Å². The molecular formula is C17H28N4. The lowest BCUT2D eigenvalue weighted by atomic mass is 10.0. The molecule has 0 aromatic carbocycles. The first kappa shape index (κ1) is 14.8. The average molecular weight is 288 g/mol. The van der Waals surface area contributed by atoms with Crippen molar-refractivity contribution in [2.75, 3.05) is 18.0 Å². The first-order chi connectivity index (χ1) is 10.3. The third kappa shape index (κ3) is 3.05. The Labute approximate surface area is 128 Å². The van der Waals surface area contributed by atoms with E-state index >= 15 is 0 Å². The molecule has 2 heterocycles. The summed E-state index contributed by atoms with van der Waals surface area (Å²) in [5.74, 6) is 1.23. The number of rotatable bonds is 3. The van der Waals surface area contributed by atoms with Gasteiger partial charge in [-0.15, -0.1) is 0 Å². The van der Waals surface area contributed by atoms with Gasteiger partial charge in [-0.3, -0.25) is 0 Å². The number of hydrogen-bond donors (Lipinski definition) is 1. The molecule has 1 N–H and O–H groups in total. The molecule has 21 heavy (non-hydrogen) atoms. The molecular weight excluding hydrogens is 260 g/mol. The fourth-order valence-electron chi connectivity index (χ4n) is 3.69. The van der Waals surface area contributed by atoms with Crippen molar-refractivity contribution >= 4 is 5.82 Å². The Kier molecular flexibility index (Phi) is 4.73. The van der Waals surface area contributed by atoms with Crippen LogP contribution >= 0.6 is 0 Å². The van der Waals surface area contributed by atoms with Gasteiger partial charge in [0.2, 0.25) is 0 Å². The maximum atomic E-state index is 4.71. The summed E-state index contributed by atoms with van der Waals surface area (Å²) in [5, 5.41) is 3.68. The van der Waals surface area contributed by atoms with Crippen LogP contribution in [0.1, 0.15) is 57.2 Å². The van der Waals surface area contributed by atoms with E-state index in [-0.39, 0.29) is 0 Å². The maximum absolute atomic E-state index is 4.71. The average Bonchev–Trinajstić information content (AvgIpc) is 2.79. The Hall–Kier alpha value is -1.16. The molecule has 0 spiro atoms. The van der Waals surface area contributed by atoms with Crippen LogP contribution in [0.15, 0.2) is 6.33 Å². The number of nitrogens with one attached hydrogen (secondary N) is 1. The number of aromatic nitrogens is 2. The van der Waals surface area contributed by atoms with Gasteiger partial charge in [0.25, 0.3) is 0 Å². The summed E-state index contributed by atoms with van der Waals surface area (Å²) in [6.07, 6.45) is 10.3. The zero-order valence-electron chi connectivity index (χ0n) is 13.4. The van der Waals surface area contributed by atoms with E-state index < -0.39 is 0 Å². The molecule has 116 valence electrons. The van der Waals surface area contributed by atoms with E-state index in [1.165, 1.54) is 49.2 Å². The van der Waals surface area contributed by atoms with Crippen molar-refractivity contribution in [2.45, 2.75) is 70.9 Å². The molecule has 4 heteroatoms. The zero-order chi connectivity index (χ0) is 14.7. The van der Waals surface area contributed by atoms with Crippen LogP contribution in [0.4, 0.5) is 5.82 Å². The Bertz CT molecular complexity index is 474. The number of nitrogens with zero attached hydrogens (tertiary/aromatic N) is 3.